The molecule has 0 aromatic heterocycles. The van der Waals surface area contributed by atoms with Crippen LogP contribution in [-0.2, 0) is 16.8 Å². The van der Waals surface area contributed by atoms with Crippen molar-refractivity contribution in [2.24, 2.45) is 0 Å². The number of hydrogen-bond acceptors (Lipinski definition) is 1. The molecule has 0 fully saturated rings. The summed E-state index contributed by atoms with van der Waals surface area (Å²) in [5.41, 5.74) is 2.69. The van der Waals surface area contributed by atoms with Gasteiger partial charge in [-0.3, -0.25) is 4.79 Å². The van der Waals surface area contributed by atoms with Crippen LogP contribution in [0.15, 0.2) is 24.3 Å². The minimum absolute atomic E-state index is 0.184. The Morgan fingerprint density at radius 3 is 2.12 bits per heavy atom. The van der Waals surface area contributed by atoms with Crippen LogP contribution in [0.1, 0.15) is 45.2 Å². The van der Waals surface area contributed by atoms with Gasteiger partial charge in [-0.05, 0) is 16.5 Å². The first-order valence-corrected chi connectivity index (χ1v) is 6.18. The molecule has 0 saturated heterocycles. The molecule has 0 aliphatic rings. The van der Waals surface area contributed by atoms with E-state index in [0.717, 1.165) is 0 Å². The quantitative estimate of drug-likeness (QED) is 0.784. The molecule has 0 aliphatic heterocycles. The van der Waals surface area contributed by atoms with Gasteiger partial charge in [0.25, 0.3) is 0 Å². The fraction of sp³-hybridized carbons (Fsp3) is 0.533. The lowest BCUT2D eigenvalue weighted by atomic mass is 9.87. The highest BCUT2D eigenvalue weighted by molar-refractivity contribution is 5.75. The van der Waals surface area contributed by atoms with Gasteiger partial charge in [-0.1, -0.05) is 52.0 Å². The third kappa shape index (κ3) is 3.88. The van der Waals surface area contributed by atoms with E-state index in [1.807, 2.05) is 14.0 Å². The Balaban J connectivity index is 2.72. The Kier molecular flexibility index (Phi) is 4.33. The predicted molar refractivity (Wildman–Crippen MR) is 71.9 cm³/mol. The fourth-order valence-corrected chi connectivity index (χ4v) is 1.74. The van der Waals surface area contributed by atoms with E-state index in [9.17, 15) is 4.79 Å². The number of benzene rings is 1. The summed E-state index contributed by atoms with van der Waals surface area (Å²) >= 11 is 0. The molecule has 0 aliphatic carbocycles. The molecular formula is C15H23NO. The molecule has 0 spiro atoms. The number of carbonyl (C=O) groups excluding carboxylic acids is 1. The van der Waals surface area contributed by atoms with Gasteiger partial charge >= 0.3 is 0 Å². The van der Waals surface area contributed by atoms with Gasteiger partial charge in [0, 0.05) is 20.0 Å². The maximum Gasteiger partial charge on any atom is 0.222 e. The molecule has 2 heteroatoms. The molecule has 17 heavy (non-hydrogen) atoms. The van der Waals surface area contributed by atoms with Gasteiger partial charge in [0.15, 0.2) is 0 Å². The largest absolute Gasteiger partial charge is 0.341 e. The first-order valence-electron chi connectivity index (χ1n) is 6.18. The van der Waals surface area contributed by atoms with Crippen LogP contribution >= 0.6 is 0 Å². The van der Waals surface area contributed by atoms with Crippen molar-refractivity contribution in [3.05, 3.63) is 35.4 Å². The van der Waals surface area contributed by atoms with Gasteiger partial charge < -0.3 is 4.90 Å². The van der Waals surface area contributed by atoms with E-state index in [1.54, 1.807) is 4.90 Å². The lowest BCUT2D eigenvalue weighted by Crippen LogP contribution is -2.25. The lowest BCUT2D eigenvalue weighted by Gasteiger charge is -2.20. The van der Waals surface area contributed by atoms with Crippen molar-refractivity contribution in [1.82, 2.24) is 4.90 Å². The van der Waals surface area contributed by atoms with Crippen molar-refractivity contribution in [1.29, 1.82) is 0 Å². The number of rotatable bonds is 3. The summed E-state index contributed by atoms with van der Waals surface area (Å²) in [6.45, 7) is 9.19. The van der Waals surface area contributed by atoms with Gasteiger partial charge in [0.05, 0.1) is 0 Å². The molecular weight excluding hydrogens is 210 g/mol. The van der Waals surface area contributed by atoms with Crippen molar-refractivity contribution in [3.8, 4) is 0 Å². The third-order valence-corrected chi connectivity index (χ3v) is 2.97. The summed E-state index contributed by atoms with van der Waals surface area (Å²) in [4.78, 5) is 13.2. The Labute approximate surface area is 105 Å². The first kappa shape index (κ1) is 13.8. The molecule has 0 atom stereocenters. The lowest BCUT2D eigenvalue weighted by molar-refractivity contribution is -0.130. The van der Waals surface area contributed by atoms with Crippen LogP contribution in [0.4, 0.5) is 0 Å². The zero-order valence-corrected chi connectivity index (χ0v) is 11.6. The molecule has 0 radical (unpaired) electrons. The number of hydrogen-bond donors (Lipinski definition) is 0. The summed E-state index contributed by atoms with van der Waals surface area (Å²) in [6.07, 6.45) is 0.566. The minimum atomic E-state index is 0.184. The van der Waals surface area contributed by atoms with Crippen molar-refractivity contribution in [2.45, 2.75) is 46.1 Å². The van der Waals surface area contributed by atoms with Gasteiger partial charge in [-0.25, -0.2) is 0 Å². The molecule has 0 unspecified atom stereocenters. The summed E-state index contributed by atoms with van der Waals surface area (Å²) < 4.78 is 0. The molecule has 1 amide bonds. The Bertz CT molecular complexity index is 373. The molecule has 1 rings (SSSR count). The van der Waals surface area contributed by atoms with Gasteiger partial charge in [0.2, 0.25) is 5.91 Å². The van der Waals surface area contributed by atoms with Crippen molar-refractivity contribution >= 4 is 5.91 Å². The number of carbonyl (C=O) groups is 1. The maximum absolute atomic E-state index is 11.5. The van der Waals surface area contributed by atoms with Gasteiger partial charge in [-0.2, -0.15) is 0 Å². The third-order valence-electron chi connectivity index (χ3n) is 2.97. The summed E-state index contributed by atoms with van der Waals surface area (Å²) in [5, 5.41) is 0. The molecule has 94 valence electrons. The number of amides is 1. The standard InChI is InChI=1S/C15H23NO/c1-6-14(17)16(5)11-12-7-9-13(10-8-12)15(2,3)4/h7-10H,6,11H2,1-5H3. The SMILES string of the molecule is CCC(=O)N(C)Cc1ccc(C(C)(C)C)cc1. The van der Waals surface area contributed by atoms with E-state index in [0.29, 0.717) is 13.0 Å². The highest BCUT2D eigenvalue weighted by atomic mass is 16.2. The van der Waals surface area contributed by atoms with Crippen LogP contribution in [0, 0.1) is 0 Å². The molecule has 2 nitrogen and oxygen atoms in total. The van der Waals surface area contributed by atoms with Crippen molar-refractivity contribution in [3.63, 3.8) is 0 Å². The van der Waals surface area contributed by atoms with Crippen LogP contribution in [0.5, 0.6) is 0 Å². The molecule has 0 N–H and O–H groups in total. The highest BCUT2D eigenvalue weighted by Crippen LogP contribution is 2.22. The second-order valence-electron chi connectivity index (χ2n) is 5.55. The molecule has 0 heterocycles. The Morgan fingerprint density at radius 1 is 1.18 bits per heavy atom. The highest BCUT2D eigenvalue weighted by Gasteiger charge is 2.13. The topological polar surface area (TPSA) is 20.3 Å². The second kappa shape index (κ2) is 5.35. The van der Waals surface area contributed by atoms with E-state index in [1.165, 1.54) is 11.1 Å². The molecule has 1 aromatic carbocycles. The van der Waals surface area contributed by atoms with Crippen LogP contribution < -0.4 is 0 Å². The smallest absolute Gasteiger partial charge is 0.222 e. The Morgan fingerprint density at radius 2 is 1.71 bits per heavy atom. The van der Waals surface area contributed by atoms with Gasteiger partial charge in [-0.15, -0.1) is 0 Å². The average molecular weight is 233 g/mol. The monoisotopic (exact) mass is 233 g/mol. The molecule has 0 bridgehead atoms. The molecule has 0 saturated carbocycles. The average Bonchev–Trinajstić information content (AvgIpc) is 2.27. The molecule has 1 aromatic rings. The van der Waals surface area contributed by atoms with Gasteiger partial charge in [0.1, 0.15) is 0 Å². The zero-order chi connectivity index (χ0) is 13.1. The summed E-state index contributed by atoms with van der Waals surface area (Å²) in [6, 6.07) is 8.53. The maximum atomic E-state index is 11.5. The van der Waals surface area contributed by atoms with E-state index in [2.05, 4.69) is 45.0 Å². The predicted octanol–water partition coefficient (Wildman–Crippen LogP) is 3.35. The minimum Gasteiger partial charge on any atom is -0.341 e. The summed E-state index contributed by atoms with van der Waals surface area (Å²) in [5.74, 6) is 0.185. The van der Waals surface area contributed by atoms with Crippen LogP contribution in [0.25, 0.3) is 0 Å². The fourth-order valence-electron chi connectivity index (χ4n) is 1.74. The van der Waals surface area contributed by atoms with Crippen LogP contribution in [0.3, 0.4) is 0 Å². The first-order chi connectivity index (χ1) is 7.84. The van der Waals surface area contributed by atoms with Crippen molar-refractivity contribution < 1.29 is 4.79 Å². The summed E-state index contributed by atoms with van der Waals surface area (Å²) in [7, 11) is 1.85. The second-order valence-corrected chi connectivity index (χ2v) is 5.55. The zero-order valence-electron chi connectivity index (χ0n) is 11.6. The van der Waals surface area contributed by atoms with E-state index >= 15 is 0 Å². The van der Waals surface area contributed by atoms with E-state index in [-0.39, 0.29) is 11.3 Å². The normalized spacial score (nSPS) is 11.4. The van der Waals surface area contributed by atoms with Crippen LogP contribution in [-0.4, -0.2) is 17.9 Å². The number of nitrogens with zero attached hydrogens (tertiary/aromatic N) is 1. The Hall–Kier alpha value is -1.31. The van der Waals surface area contributed by atoms with E-state index in [4.69, 9.17) is 0 Å². The van der Waals surface area contributed by atoms with E-state index < -0.39 is 0 Å². The van der Waals surface area contributed by atoms with Crippen LogP contribution in [0.2, 0.25) is 0 Å². The van der Waals surface area contributed by atoms with Crippen molar-refractivity contribution in [2.75, 3.05) is 7.05 Å².